The first-order chi connectivity index (χ1) is 11.6. The molecule has 3 N–H and O–H groups in total. The number of β-lactam (4-membered cyclic amide) rings is 1. The lowest BCUT2D eigenvalue weighted by atomic mass is 9.95. The summed E-state index contributed by atoms with van der Waals surface area (Å²) in [6.07, 6.45) is 0. The van der Waals surface area contributed by atoms with Gasteiger partial charge in [-0.2, -0.15) is 11.3 Å². The van der Waals surface area contributed by atoms with Crippen LogP contribution >= 0.6 is 23.1 Å². The number of thiophene rings is 1. The van der Waals surface area contributed by atoms with Crippen LogP contribution in [0, 0.1) is 0 Å². The maximum Gasteiger partial charge on any atom is 0.327 e. The van der Waals surface area contributed by atoms with Gasteiger partial charge in [-0.15, -0.1) is 11.8 Å². The van der Waals surface area contributed by atoms with Crippen molar-refractivity contribution in [3.8, 4) is 0 Å². The van der Waals surface area contributed by atoms with Gasteiger partial charge in [-0.1, -0.05) is 0 Å². The molecule has 4 atom stereocenters. The molecule has 3 rings (SSSR count). The third-order valence-corrected chi connectivity index (χ3v) is 6.63. The van der Waals surface area contributed by atoms with E-state index in [1.807, 2.05) is 0 Å². The molecule has 0 saturated carbocycles. The van der Waals surface area contributed by atoms with Gasteiger partial charge in [0.25, 0.3) is 0 Å². The molecule has 2 aliphatic heterocycles. The highest BCUT2D eigenvalue weighted by molar-refractivity contribution is 8.01. The molecule has 2 aliphatic rings. The minimum absolute atomic E-state index is 0.349. The van der Waals surface area contributed by atoms with Crippen molar-refractivity contribution in [3.05, 3.63) is 22.4 Å². The molecule has 2 saturated heterocycles. The van der Waals surface area contributed by atoms with E-state index in [1.165, 1.54) is 28.0 Å². The number of aliphatic carboxylic acids is 2. The van der Waals surface area contributed by atoms with Crippen molar-refractivity contribution >= 4 is 46.9 Å². The van der Waals surface area contributed by atoms with E-state index in [4.69, 9.17) is 0 Å². The average Bonchev–Trinajstić information content (AvgIpc) is 3.09. The fourth-order valence-corrected chi connectivity index (χ4v) is 5.54. The highest BCUT2D eigenvalue weighted by Gasteiger charge is 2.64. The van der Waals surface area contributed by atoms with Gasteiger partial charge in [0.1, 0.15) is 17.5 Å². The van der Waals surface area contributed by atoms with E-state index in [1.54, 1.807) is 30.7 Å². The molecule has 25 heavy (non-hydrogen) atoms. The van der Waals surface area contributed by atoms with Gasteiger partial charge in [-0.25, -0.2) is 4.79 Å². The highest BCUT2D eigenvalue weighted by Crippen LogP contribution is 2.50. The van der Waals surface area contributed by atoms with Gasteiger partial charge in [-0.05, 0) is 36.2 Å². The summed E-state index contributed by atoms with van der Waals surface area (Å²) in [6.45, 7) is 3.46. The van der Waals surface area contributed by atoms with Gasteiger partial charge < -0.3 is 20.4 Å². The summed E-state index contributed by atoms with van der Waals surface area (Å²) in [5, 5.41) is 23.9. The monoisotopic (exact) mass is 384 g/mol. The molecule has 10 heteroatoms. The average molecular weight is 384 g/mol. The zero-order valence-electron chi connectivity index (χ0n) is 13.3. The van der Waals surface area contributed by atoms with Crippen molar-refractivity contribution in [1.82, 2.24) is 10.2 Å². The second kappa shape index (κ2) is 6.03. The van der Waals surface area contributed by atoms with E-state index in [9.17, 15) is 29.4 Å². The summed E-state index contributed by atoms with van der Waals surface area (Å²) in [7, 11) is 0. The van der Waals surface area contributed by atoms with Crippen molar-refractivity contribution in [2.45, 2.75) is 42.0 Å². The second-order valence-corrected chi connectivity index (χ2v) is 8.96. The number of carboxylic acids is 2. The smallest absolute Gasteiger partial charge is 0.327 e. The molecule has 0 unspecified atom stereocenters. The van der Waals surface area contributed by atoms with Gasteiger partial charge >= 0.3 is 11.9 Å². The van der Waals surface area contributed by atoms with Gasteiger partial charge in [0.15, 0.2) is 5.92 Å². The molecule has 3 heterocycles. The molecule has 1 aromatic rings. The number of carboxylic acid groups (broad SMARTS) is 2. The van der Waals surface area contributed by atoms with Crippen LogP contribution in [0.25, 0.3) is 0 Å². The number of rotatable bonds is 5. The fourth-order valence-electron chi connectivity index (χ4n) is 3.23. The molecular weight excluding hydrogens is 368 g/mol. The normalized spacial score (nSPS) is 28.0. The van der Waals surface area contributed by atoms with Crippen LogP contribution in [0.4, 0.5) is 0 Å². The third kappa shape index (κ3) is 2.78. The standard InChI is InChI=1S/C15H16N2O6S2/c1-15(2)9(14(22)23)17-11(19)8(12(17)25-15)16-10(18)7(13(20)21)6-3-4-24-5-6/h3-5,7-9,12H,1-2H3,(H,16,18)(H,20,21)(H,22,23)/t7-,8-,9+,12+/m1/s1. The summed E-state index contributed by atoms with van der Waals surface area (Å²) >= 11 is 2.56. The van der Waals surface area contributed by atoms with E-state index in [2.05, 4.69) is 5.32 Å². The molecule has 2 fully saturated rings. The van der Waals surface area contributed by atoms with Crippen LogP contribution in [0.1, 0.15) is 25.3 Å². The summed E-state index contributed by atoms with van der Waals surface area (Å²) < 4.78 is -0.703. The zero-order chi connectivity index (χ0) is 18.5. The summed E-state index contributed by atoms with van der Waals surface area (Å²) in [6, 6.07) is -0.344. The summed E-state index contributed by atoms with van der Waals surface area (Å²) in [5.41, 5.74) is 0.349. The lowest BCUT2D eigenvalue weighted by Crippen LogP contribution is -2.71. The Morgan fingerprint density at radius 1 is 1.32 bits per heavy atom. The fraction of sp³-hybridized carbons (Fsp3) is 0.467. The van der Waals surface area contributed by atoms with E-state index < -0.39 is 51.9 Å². The van der Waals surface area contributed by atoms with E-state index in [0.29, 0.717) is 5.56 Å². The van der Waals surface area contributed by atoms with Crippen molar-refractivity contribution in [3.63, 3.8) is 0 Å². The Kier molecular flexibility index (Phi) is 4.28. The molecule has 0 aliphatic carbocycles. The molecule has 0 bridgehead atoms. The van der Waals surface area contributed by atoms with E-state index in [-0.39, 0.29) is 0 Å². The molecular formula is C15H16N2O6S2. The van der Waals surface area contributed by atoms with Crippen molar-refractivity contribution in [1.29, 1.82) is 0 Å². The highest BCUT2D eigenvalue weighted by atomic mass is 32.2. The van der Waals surface area contributed by atoms with Gasteiger partial charge in [-0.3, -0.25) is 14.4 Å². The Labute approximate surface area is 151 Å². The Bertz CT molecular complexity index is 747. The second-order valence-electron chi connectivity index (χ2n) is 6.41. The Hall–Kier alpha value is -2.07. The molecule has 1 aromatic heterocycles. The molecule has 134 valence electrons. The summed E-state index contributed by atoms with van der Waals surface area (Å²) in [5.74, 6) is -5.08. The third-order valence-electron chi connectivity index (χ3n) is 4.36. The van der Waals surface area contributed by atoms with Gasteiger partial charge in [0.2, 0.25) is 11.8 Å². The van der Waals surface area contributed by atoms with Crippen molar-refractivity contribution < 1.29 is 29.4 Å². The first-order valence-corrected chi connectivity index (χ1v) is 9.25. The maximum atomic E-state index is 12.4. The maximum absolute atomic E-state index is 12.4. The quantitative estimate of drug-likeness (QED) is 0.500. The number of hydrogen-bond donors (Lipinski definition) is 3. The largest absolute Gasteiger partial charge is 0.480 e. The number of fused-ring (bicyclic) bond motifs is 1. The minimum Gasteiger partial charge on any atom is -0.480 e. The number of carbonyl (C=O) groups excluding carboxylic acids is 2. The first kappa shape index (κ1) is 17.7. The number of nitrogens with zero attached hydrogens (tertiary/aromatic N) is 1. The van der Waals surface area contributed by atoms with Crippen molar-refractivity contribution in [2.24, 2.45) is 0 Å². The Balaban J connectivity index is 1.77. The Morgan fingerprint density at radius 2 is 2.00 bits per heavy atom. The van der Waals surface area contributed by atoms with Crippen LogP contribution in [0.2, 0.25) is 0 Å². The SMILES string of the molecule is CC1(C)S[C@H]2[C@H](NC(=O)[C@H](C(=O)O)c3ccsc3)C(=O)N2[C@H]1C(=O)O. The Morgan fingerprint density at radius 3 is 2.52 bits per heavy atom. The molecule has 8 nitrogen and oxygen atoms in total. The zero-order valence-corrected chi connectivity index (χ0v) is 15.0. The van der Waals surface area contributed by atoms with Crippen LogP contribution in [0.15, 0.2) is 16.8 Å². The topological polar surface area (TPSA) is 124 Å². The molecule has 2 amide bonds. The summed E-state index contributed by atoms with van der Waals surface area (Å²) in [4.78, 5) is 48.9. The number of amides is 2. The molecule has 0 aromatic carbocycles. The van der Waals surface area contributed by atoms with Crippen LogP contribution < -0.4 is 5.32 Å². The lowest BCUT2D eigenvalue weighted by molar-refractivity contribution is -0.161. The van der Waals surface area contributed by atoms with Crippen LogP contribution in [-0.4, -0.2) is 61.1 Å². The number of hydrogen-bond acceptors (Lipinski definition) is 6. The van der Waals surface area contributed by atoms with Gasteiger partial charge in [0, 0.05) is 4.75 Å². The predicted molar refractivity (Wildman–Crippen MR) is 90.4 cm³/mol. The van der Waals surface area contributed by atoms with Crippen molar-refractivity contribution in [2.75, 3.05) is 0 Å². The molecule has 0 radical (unpaired) electrons. The number of thioether (sulfide) groups is 1. The lowest BCUT2D eigenvalue weighted by Gasteiger charge is -2.43. The first-order valence-electron chi connectivity index (χ1n) is 7.43. The minimum atomic E-state index is -1.40. The van der Waals surface area contributed by atoms with E-state index >= 15 is 0 Å². The number of carbonyl (C=O) groups is 4. The van der Waals surface area contributed by atoms with Crippen LogP contribution in [0.5, 0.6) is 0 Å². The van der Waals surface area contributed by atoms with Crippen LogP contribution in [-0.2, 0) is 19.2 Å². The number of nitrogens with one attached hydrogen (secondary N) is 1. The van der Waals surface area contributed by atoms with Gasteiger partial charge in [0.05, 0.1) is 0 Å². The molecule has 0 spiro atoms. The van der Waals surface area contributed by atoms with E-state index in [0.717, 1.165) is 0 Å². The predicted octanol–water partition coefficient (Wildman–Crippen LogP) is 0.548. The van der Waals surface area contributed by atoms with Crippen LogP contribution in [0.3, 0.4) is 0 Å².